The van der Waals surface area contributed by atoms with E-state index >= 15 is 0 Å². The fraction of sp³-hybridized carbons (Fsp3) is 0.400. The average Bonchev–Trinajstić information content (AvgIpc) is 2.38. The summed E-state index contributed by atoms with van der Waals surface area (Å²) in [5, 5.41) is 0. The molecule has 0 aliphatic heterocycles. The third-order valence-electron chi connectivity index (χ3n) is 4.12. The Morgan fingerprint density at radius 1 is 0.857 bits per heavy atom. The third kappa shape index (κ3) is 3.68. The van der Waals surface area contributed by atoms with Crippen LogP contribution < -0.4 is 0 Å². The average molecular weight is 392 g/mol. The van der Waals surface area contributed by atoms with Gasteiger partial charge in [-0.25, -0.2) is 0 Å². The molecule has 1 heteroatoms. The van der Waals surface area contributed by atoms with E-state index in [1.807, 2.05) is 0 Å². The molecule has 112 valence electrons. The largest absolute Gasteiger partial charge is 0.0743 e. The highest BCUT2D eigenvalue weighted by Crippen LogP contribution is 2.35. The standard InChI is InChI=1S/C20H25I/c1-13(2)16-7-9-18(14(3)11-16)19-10-8-17(12-15(19)4)20(5,6)21/h7-13H,1-6H3. The molecule has 0 unspecified atom stereocenters. The van der Waals surface area contributed by atoms with Crippen LogP contribution in [0, 0.1) is 13.8 Å². The first-order chi connectivity index (χ1) is 9.70. The molecule has 0 saturated carbocycles. The van der Waals surface area contributed by atoms with Crippen molar-refractivity contribution in [3.05, 3.63) is 58.7 Å². The smallest absolute Gasteiger partial charge is 0.0414 e. The van der Waals surface area contributed by atoms with Gasteiger partial charge in [0.05, 0.1) is 0 Å². The minimum absolute atomic E-state index is 0.178. The second kappa shape index (κ2) is 6.12. The van der Waals surface area contributed by atoms with E-state index in [9.17, 15) is 0 Å². The summed E-state index contributed by atoms with van der Waals surface area (Å²) in [4.78, 5) is 0. The van der Waals surface area contributed by atoms with Gasteiger partial charge >= 0.3 is 0 Å². The summed E-state index contributed by atoms with van der Waals surface area (Å²) >= 11 is 2.50. The Morgan fingerprint density at radius 3 is 1.81 bits per heavy atom. The highest BCUT2D eigenvalue weighted by Gasteiger charge is 2.17. The van der Waals surface area contributed by atoms with Crippen molar-refractivity contribution in [1.29, 1.82) is 0 Å². The first kappa shape index (κ1) is 16.5. The van der Waals surface area contributed by atoms with Gasteiger partial charge in [0, 0.05) is 3.42 Å². The first-order valence-electron chi connectivity index (χ1n) is 7.61. The lowest BCUT2D eigenvalue weighted by atomic mass is 9.90. The normalized spacial score (nSPS) is 12.0. The molecule has 0 spiro atoms. The zero-order chi connectivity index (χ0) is 15.8. The summed E-state index contributed by atoms with van der Waals surface area (Å²) in [6.45, 7) is 13.4. The molecule has 0 nitrogen and oxygen atoms in total. The minimum Gasteiger partial charge on any atom is -0.0743 e. The molecule has 21 heavy (non-hydrogen) atoms. The summed E-state index contributed by atoms with van der Waals surface area (Å²) in [6.07, 6.45) is 0. The van der Waals surface area contributed by atoms with Crippen molar-refractivity contribution in [2.45, 2.75) is 50.9 Å². The molecule has 0 aliphatic carbocycles. The van der Waals surface area contributed by atoms with Crippen molar-refractivity contribution in [2.24, 2.45) is 0 Å². The molecule has 2 aromatic carbocycles. The molecule has 0 heterocycles. The number of rotatable bonds is 3. The van der Waals surface area contributed by atoms with Gasteiger partial charge in [0.2, 0.25) is 0 Å². The van der Waals surface area contributed by atoms with Crippen LogP contribution in [0.5, 0.6) is 0 Å². The number of halogens is 1. The van der Waals surface area contributed by atoms with Gasteiger partial charge in [-0.05, 0) is 67.0 Å². The van der Waals surface area contributed by atoms with Crippen molar-refractivity contribution in [2.75, 3.05) is 0 Å². The van der Waals surface area contributed by atoms with Crippen molar-refractivity contribution in [3.8, 4) is 11.1 Å². The van der Waals surface area contributed by atoms with Crippen LogP contribution >= 0.6 is 22.6 Å². The summed E-state index contributed by atoms with van der Waals surface area (Å²) in [6, 6.07) is 13.8. The zero-order valence-electron chi connectivity index (χ0n) is 13.9. The topological polar surface area (TPSA) is 0 Å². The maximum atomic E-state index is 2.50. The molecule has 0 N–H and O–H groups in total. The van der Waals surface area contributed by atoms with Crippen molar-refractivity contribution in [1.82, 2.24) is 0 Å². The molecule has 0 atom stereocenters. The Hall–Kier alpha value is -0.830. The molecule has 0 radical (unpaired) electrons. The van der Waals surface area contributed by atoms with Gasteiger partial charge in [-0.1, -0.05) is 72.8 Å². The van der Waals surface area contributed by atoms with Gasteiger partial charge in [-0.15, -0.1) is 0 Å². The van der Waals surface area contributed by atoms with E-state index in [4.69, 9.17) is 0 Å². The quantitative estimate of drug-likeness (QED) is 0.400. The SMILES string of the molecule is Cc1cc(C(C)C)ccc1-c1ccc(C(C)(C)I)cc1C. The molecule has 2 aromatic rings. The van der Waals surface area contributed by atoms with E-state index in [-0.39, 0.29) is 3.42 Å². The van der Waals surface area contributed by atoms with E-state index in [1.54, 1.807) is 0 Å². The van der Waals surface area contributed by atoms with Crippen LogP contribution in [0.1, 0.15) is 55.9 Å². The van der Waals surface area contributed by atoms with Gasteiger partial charge in [0.25, 0.3) is 0 Å². The second-order valence-corrected chi connectivity index (χ2v) is 9.43. The lowest BCUT2D eigenvalue weighted by Gasteiger charge is -2.19. The van der Waals surface area contributed by atoms with Gasteiger partial charge in [-0.2, -0.15) is 0 Å². The molecular formula is C20H25I. The number of hydrogen-bond donors (Lipinski definition) is 0. The lowest BCUT2D eigenvalue weighted by Crippen LogP contribution is -2.06. The number of benzene rings is 2. The molecule has 0 aliphatic rings. The molecular weight excluding hydrogens is 367 g/mol. The van der Waals surface area contributed by atoms with Crippen LogP contribution in [-0.2, 0) is 3.42 Å². The van der Waals surface area contributed by atoms with E-state index in [2.05, 4.69) is 101 Å². The van der Waals surface area contributed by atoms with Crippen molar-refractivity contribution in [3.63, 3.8) is 0 Å². The molecule has 0 fully saturated rings. The minimum atomic E-state index is 0.178. The van der Waals surface area contributed by atoms with Crippen LogP contribution in [0.4, 0.5) is 0 Å². The fourth-order valence-corrected chi connectivity index (χ4v) is 3.02. The summed E-state index contributed by atoms with van der Waals surface area (Å²) in [7, 11) is 0. The second-order valence-electron chi connectivity index (χ2n) is 6.73. The molecule has 0 amide bonds. The summed E-state index contributed by atoms with van der Waals surface area (Å²) in [5.74, 6) is 0.584. The van der Waals surface area contributed by atoms with Gasteiger partial charge in [0.1, 0.15) is 0 Å². The first-order valence-corrected chi connectivity index (χ1v) is 8.69. The maximum absolute atomic E-state index is 2.50. The van der Waals surface area contributed by atoms with Gasteiger partial charge < -0.3 is 0 Å². The molecule has 2 rings (SSSR count). The number of alkyl halides is 1. The highest BCUT2D eigenvalue weighted by molar-refractivity contribution is 14.1. The van der Waals surface area contributed by atoms with Crippen LogP contribution in [0.25, 0.3) is 11.1 Å². The molecule has 0 aromatic heterocycles. The summed E-state index contributed by atoms with van der Waals surface area (Å²) in [5.41, 5.74) is 8.24. The fourth-order valence-electron chi connectivity index (χ4n) is 2.68. The van der Waals surface area contributed by atoms with Crippen LogP contribution in [-0.4, -0.2) is 0 Å². The molecule has 0 bridgehead atoms. The predicted octanol–water partition coefficient (Wildman–Crippen LogP) is 6.76. The monoisotopic (exact) mass is 392 g/mol. The zero-order valence-corrected chi connectivity index (χ0v) is 16.1. The van der Waals surface area contributed by atoms with Gasteiger partial charge in [-0.3, -0.25) is 0 Å². The van der Waals surface area contributed by atoms with Crippen LogP contribution in [0.15, 0.2) is 36.4 Å². The third-order valence-corrected chi connectivity index (χ3v) is 4.74. The Balaban J connectivity index is 2.48. The van der Waals surface area contributed by atoms with E-state index in [0.717, 1.165) is 0 Å². The lowest BCUT2D eigenvalue weighted by molar-refractivity contribution is 0.825. The Morgan fingerprint density at radius 2 is 1.38 bits per heavy atom. The van der Waals surface area contributed by atoms with Crippen LogP contribution in [0.2, 0.25) is 0 Å². The van der Waals surface area contributed by atoms with Crippen LogP contribution in [0.3, 0.4) is 0 Å². The van der Waals surface area contributed by atoms with Crippen molar-refractivity contribution >= 4 is 22.6 Å². The number of aryl methyl sites for hydroxylation is 2. The van der Waals surface area contributed by atoms with E-state index in [1.165, 1.54) is 33.4 Å². The van der Waals surface area contributed by atoms with Gasteiger partial charge in [0.15, 0.2) is 0 Å². The van der Waals surface area contributed by atoms with E-state index in [0.29, 0.717) is 5.92 Å². The Labute approximate surface area is 143 Å². The predicted molar refractivity (Wildman–Crippen MR) is 102 cm³/mol. The molecule has 0 saturated heterocycles. The Kier molecular flexibility index (Phi) is 4.82. The number of hydrogen-bond acceptors (Lipinski definition) is 0. The van der Waals surface area contributed by atoms with E-state index < -0.39 is 0 Å². The maximum Gasteiger partial charge on any atom is 0.0414 e. The summed E-state index contributed by atoms with van der Waals surface area (Å²) < 4.78 is 0.178. The Bertz CT molecular complexity index is 645. The van der Waals surface area contributed by atoms with Crippen molar-refractivity contribution < 1.29 is 0 Å². The highest BCUT2D eigenvalue weighted by atomic mass is 127.